The highest BCUT2D eigenvalue weighted by molar-refractivity contribution is 5.86. The van der Waals surface area contributed by atoms with Crippen LogP contribution < -0.4 is 0 Å². The molecule has 1 saturated carbocycles. The van der Waals surface area contributed by atoms with Gasteiger partial charge in [-0.1, -0.05) is 19.4 Å². The zero-order valence-corrected chi connectivity index (χ0v) is 10.8. The fourth-order valence-electron chi connectivity index (χ4n) is 2.35. The van der Waals surface area contributed by atoms with Crippen LogP contribution in [0.15, 0.2) is 18.3 Å². The molecule has 2 rings (SSSR count). The van der Waals surface area contributed by atoms with Crippen LogP contribution in [0.3, 0.4) is 0 Å². The second-order valence-electron chi connectivity index (χ2n) is 4.94. The van der Waals surface area contributed by atoms with Gasteiger partial charge in [0.15, 0.2) is 5.69 Å². The van der Waals surface area contributed by atoms with Crippen molar-refractivity contribution in [3.05, 3.63) is 29.6 Å². The van der Waals surface area contributed by atoms with Gasteiger partial charge in [-0.05, 0) is 36.9 Å². The fraction of sp³-hybridized carbons (Fsp3) is 0.571. The van der Waals surface area contributed by atoms with E-state index in [0.717, 1.165) is 24.6 Å². The molecule has 1 heterocycles. The largest absolute Gasteiger partial charge is 0.477 e. The van der Waals surface area contributed by atoms with Crippen molar-refractivity contribution in [2.24, 2.45) is 5.92 Å². The highest BCUT2D eigenvalue weighted by Crippen LogP contribution is 2.27. The zero-order chi connectivity index (χ0) is 13.0. The Morgan fingerprint density at radius 3 is 2.89 bits per heavy atom. The maximum Gasteiger partial charge on any atom is 0.354 e. The Kier molecular flexibility index (Phi) is 4.31. The highest BCUT2D eigenvalue weighted by atomic mass is 16.4. The number of nitrogens with zero attached hydrogens (tertiary/aromatic N) is 2. The Hall–Kier alpha value is -1.42. The quantitative estimate of drug-likeness (QED) is 0.840. The molecule has 18 heavy (non-hydrogen) atoms. The SMILES string of the molecule is CCN(Cc1cccnc1C(=O)O)CC1CCC1. The summed E-state index contributed by atoms with van der Waals surface area (Å²) in [4.78, 5) is 17.4. The van der Waals surface area contributed by atoms with Gasteiger partial charge in [0, 0.05) is 19.3 Å². The lowest BCUT2D eigenvalue weighted by Crippen LogP contribution is -2.32. The summed E-state index contributed by atoms with van der Waals surface area (Å²) >= 11 is 0. The van der Waals surface area contributed by atoms with Crippen molar-refractivity contribution in [1.82, 2.24) is 9.88 Å². The number of carboxylic acid groups (broad SMARTS) is 1. The molecule has 98 valence electrons. The van der Waals surface area contributed by atoms with E-state index in [4.69, 9.17) is 5.11 Å². The van der Waals surface area contributed by atoms with Crippen molar-refractivity contribution in [1.29, 1.82) is 0 Å². The van der Waals surface area contributed by atoms with Crippen LogP contribution in [0.1, 0.15) is 42.2 Å². The van der Waals surface area contributed by atoms with Gasteiger partial charge >= 0.3 is 5.97 Å². The summed E-state index contributed by atoms with van der Waals surface area (Å²) in [5, 5.41) is 9.11. The Bertz CT molecular complexity index is 416. The van der Waals surface area contributed by atoms with Gasteiger partial charge in [0.2, 0.25) is 0 Å². The summed E-state index contributed by atoms with van der Waals surface area (Å²) in [6.07, 6.45) is 5.51. The smallest absolute Gasteiger partial charge is 0.354 e. The number of hydrogen-bond donors (Lipinski definition) is 1. The highest BCUT2D eigenvalue weighted by Gasteiger charge is 2.21. The number of carboxylic acids is 1. The molecule has 0 atom stereocenters. The minimum absolute atomic E-state index is 0.185. The Balaban J connectivity index is 2.03. The first-order valence-electron chi connectivity index (χ1n) is 6.60. The Morgan fingerprint density at radius 2 is 2.33 bits per heavy atom. The molecule has 1 aliphatic rings. The molecule has 0 aliphatic heterocycles. The van der Waals surface area contributed by atoms with Crippen LogP contribution in [0.5, 0.6) is 0 Å². The summed E-state index contributed by atoms with van der Waals surface area (Å²) in [6.45, 7) is 4.83. The van der Waals surface area contributed by atoms with Crippen LogP contribution in [0.25, 0.3) is 0 Å². The molecule has 1 N–H and O–H groups in total. The van der Waals surface area contributed by atoms with E-state index in [2.05, 4.69) is 16.8 Å². The van der Waals surface area contributed by atoms with Crippen LogP contribution in [0.2, 0.25) is 0 Å². The average molecular weight is 248 g/mol. The van der Waals surface area contributed by atoms with Crippen molar-refractivity contribution in [3.8, 4) is 0 Å². The first-order chi connectivity index (χ1) is 8.70. The van der Waals surface area contributed by atoms with E-state index in [1.54, 1.807) is 6.07 Å². The van der Waals surface area contributed by atoms with E-state index in [0.29, 0.717) is 6.54 Å². The molecule has 4 heteroatoms. The van der Waals surface area contributed by atoms with Crippen molar-refractivity contribution < 1.29 is 9.90 Å². The first kappa shape index (κ1) is 13.0. The molecule has 0 saturated heterocycles. The summed E-state index contributed by atoms with van der Waals surface area (Å²) in [6, 6.07) is 3.67. The van der Waals surface area contributed by atoms with Gasteiger partial charge in [-0.3, -0.25) is 4.90 Å². The van der Waals surface area contributed by atoms with Gasteiger partial charge in [0.05, 0.1) is 0 Å². The second kappa shape index (κ2) is 5.96. The number of aromatic nitrogens is 1. The standard InChI is InChI=1S/C14H20N2O2/c1-2-16(9-11-5-3-6-11)10-12-7-4-8-15-13(12)14(17)18/h4,7-8,11H,2-3,5-6,9-10H2,1H3,(H,17,18). The van der Waals surface area contributed by atoms with E-state index < -0.39 is 5.97 Å². The van der Waals surface area contributed by atoms with Gasteiger partial charge < -0.3 is 5.11 Å². The minimum atomic E-state index is -0.940. The Labute approximate surface area is 108 Å². The lowest BCUT2D eigenvalue weighted by molar-refractivity contribution is 0.0687. The number of carbonyl (C=O) groups is 1. The normalized spacial score (nSPS) is 15.7. The average Bonchev–Trinajstić information content (AvgIpc) is 2.32. The number of pyridine rings is 1. The molecular weight excluding hydrogens is 228 g/mol. The topological polar surface area (TPSA) is 53.4 Å². The molecular formula is C14H20N2O2. The molecule has 0 spiro atoms. The van der Waals surface area contributed by atoms with Gasteiger partial charge in [0.25, 0.3) is 0 Å². The predicted octanol–water partition coefficient (Wildman–Crippen LogP) is 2.40. The van der Waals surface area contributed by atoms with Crippen LogP contribution in [-0.4, -0.2) is 34.0 Å². The van der Waals surface area contributed by atoms with Gasteiger partial charge in [0.1, 0.15) is 0 Å². The lowest BCUT2D eigenvalue weighted by Gasteiger charge is -2.31. The molecule has 4 nitrogen and oxygen atoms in total. The van der Waals surface area contributed by atoms with Crippen LogP contribution in [0.4, 0.5) is 0 Å². The zero-order valence-electron chi connectivity index (χ0n) is 10.8. The van der Waals surface area contributed by atoms with E-state index in [1.807, 2.05) is 6.07 Å². The molecule has 0 radical (unpaired) electrons. The third-order valence-corrected chi connectivity index (χ3v) is 3.68. The molecule has 0 bridgehead atoms. The molecule has 0 aromatic carbocycles. The number of hydrogen-bond acceptors (Lipinski definition) is 3. The predicted molar refractivity (Wildman–Crippen MR) is 69.5 cm³/mol. The van der Waals surface area contributed by atoms with Gasteiger partial charge in [-0.15, -0.1) is 0 Å². The molecule has 1 aromatic heterocycles. The van der Waals surface area contributed by atoms with Crippen LogP contribution in [-0.2, 0) is 6.54 Å². The summed E-state index contributed by atoms with van der Waals surface area (Å²) in [7, 11) is 0. The van der Waals surface area contributed by atoms with Crippen molar-refractivity contribution in [2.75, 3.05) is 13.1 Å². The monoisotopic (exact) mass is 248 g/mol. The maximum absolute atomic E-state index is 11.1. The third kappa shape index (κ3) is 3.07. The van der Waals surface area contributed by atoms with E-state index in [9.17, 15) is 4.79 Å². The molecule has 0 unspecified atom stereocenters. The van der Waals surface area contributed by atoms with E-state index >= 15 is 0 Å². The summed E-state index contributed by atoms with van der Waals surface area (Å²) in [5.41, 5.74) is 0.996. The maximum atomic E-state index is 11.1. The summed E-state index contributed by atoms with van der Waals surface area (Å²) in [5.74, 6) is -0.139. The second-order valence-corrected chi connectivity index (χ2v) is 4.94. The van der Waals surface area contributed by atoms with E-state index in [1.165, 1.54) is 25.5 Å². The van der Waals surface area contributed by atoms with Crippen LogP contribution >= 0.6 is 0 Å². The van der Waals surface area contributed by atoms with Gasteiger partial charge in [-0.25, -0.2) is 9.78 Å². The molecule has 1 fully saturated rings. The van der Waals surface area contributed by atoms with Crippen LogP contribution in [0, 0.1) is 5.92 Å². The molecule has 1 aliphatic carbocycles. The lowest BCUT2D eigenvalue weighted by atomic mass is 9.85. The van der Waals surface area contributed by atoms with Crippen molar-refractivity contribution in [2.45, 2.75) is 32.7 Å². The van der Waals surface area contributed by atoms with Crippen molar-refractivity contribution >= 4 is 5.97 Å². The van der Waals surface area contributed by atoms with Gasteiger partial charge in [-0.2, -0.15) is 0 Å². The number of rotatable bonds is 6. The Morgan fingerprint density at radius 1 is 1.56 bits per heavy atom. The first-order valence-corrected chi connectivity index (χ1v) is 6.60. The summed E-state index contributed by atoms with van der Waals surface area (Å²) < 4.78 is 0. The number of aromatic carboxylic acids is 1. The third-order valence-electron chi connectivity index (χ3n) is 3.68. The fourth-order valence-corrected chi connectivity index (χ4v) is 2.35. The minimum Gasteiger partial charge on any atom is -0.477 e. The molecule has 1 aromatic rings. The molecule has 0 amide bonds. The van der Waals surface area contributed by atoms with Crippen molar-refractivity contribution in [3.63, 3.8) is 0 Å². The van der Waals surface area contributed by atoms with E-state index in [-0.39, 0.29) is 5.69 Å².